The molecule has 0 fully saturated rings. The Labute approximate surface area is 145 Å². The molecule has 0 aliphatic rings. The van der Waals surface area contributed by atoms with Crippen molar-refractivity contribution in [1.29, 1.82) is 0 Å². The molecule has 1 N–H and O–H groups in total. The second-order valence-electron chi connectivity index (χ2n) is 5.63. The monoisotopic (exact) mass is 338 g/mol. The van der Waals surface area contributed by atoms with Crippen molar-refractivity contribution in [2.45, 2.75) is 0 Å². The van der Waals surface area contributed by atoms with Crippen LogP contribution in [0, 0.1) is 0 Å². The number of aromatic nitrogens is 3. The van der Waals surface area contributed by atoms with Crippen molar-refractivity contribution in [2.24, 2.45) is 0 Å². The molecule has 7 nitrogen and oxygen atoms in total. The number of benzene rings is 1. The number of methoxy groups -OCH3 is 1. The number of pyridine rings is 1. The fourth-order valence-electron chi connectivity index (χ4n) is 2.44. The van der Waals surface area contributed by atoms with Gasteiger partial charge in [-0.2, -0.15) is 5.10 Å². The number of aromatic carboxylic acids is 1. The van der Waals surface area contributed by atoms with Crippen molar-refractivity contribution in [3.05, 3.63) is 54.4 Å². The fraction of sp³-hybridized carbons (Fsp3) is 0.167. The summed E-state index contributed by atoms with van der Waals surface area (Å²) in [5.41, 5.74) is 3.22. The molecule has 0 spiro atoms. The van der Waals surface area contributed by atoms with Crippen LogP contribution < -0.4 is 9.64 Å². The van der Waals surface area contributed by atoms with Crippen molar-refractivity contribution < 1.29 is 14.6 Å². The SMILES string of the molecule is COc1ccc(-n2nc(C(=O)O)cc2-c2ccc(N(C)C)cc2)cn1. The molecular weight excluding hydrogens is 320 g/mol. The first-order valence-corrected chi connectivity index (χ1v) is 7.61. The van der Waals surface area contributed by atoms with Crippen LogP contribution in [0.2, 0.25) is 0 Å². The highest BCUT2D eigenvalue weighted by molar-refractivity contribution is 5.87. The van der Waals surface area contributed by atoms with E-state index in [4.69, 9.17) is 4.74 Å². The highest BCUT2D eigenvalue weighted by Gasteiger charge is 2.16. The molecule has 3 aromatic rings. The summed E-state index contributed by atoms with van der Waals surface area (Å²) in [5, 5.41) is 13.5. The molecule has 0 radical (unpaired) electrons. The van der Waals surface area contributed by atoms with E-state index >= 15 is 0 Å². The van der Waals surface area contributed by atoms with Gasteiger partial charge in [-0.15, -0.1) is 0 Å². The zero-order chi connectivity index (χ0) is 18.0. The third-order valence-electron chi connectivity index (χ3n) is 3.78. The van der Waals surface area contributed by atoms with Crippen LogP contribution in [0.15, 0.2) is 48.7 Å². The lowest BCUT2D eigenvalue weighted by Gasteiger charge is -2.13. The topological polar surface area (TPSA) is 80.5 Å². The van der Waals surface area contributed by atoms with Gasteiger partial charge in [-0.1, -0.05) is 12.1 Å². The number of carboxylic acid groups (broad SMARTS) is 1. The maximum atomic E-state index is 11.4. The molecule has 25 heavy (non-hydrogen) atoms. The average molecular weight is 338 g/mol. The molecule has 0 atom stereocenters. The zero-order valence-corrected chi connectivity index (χ0v) is 14.2. The van der Waals surface area contributed by atoms with E-state index in [1.807, 2.05) is 43.3 Å². The molecule has 128 valence electrons. The summed E-state index contributed by atoms with van der Waals surface area (Å²) in [6.07, 6.45) is 1.59. The summed E-state index contributed by atoms with van der Waals surface area (Å²) in [6, 6.07) is 12.9. The van der Waals surface area contributed by atoms with Crippen molar-refractivity contribution in [3.8, 4) is 22.8 Å². The van der Waals surface area contributed by atoms with Crippen LogP contribution in [0.25, 0.3) is 16.9 Å². The van der Waals surface area contributed by atoms with E-state index in [2.05, 4.69) is 10.1 Å². The second-order valence-corrected chi connectivity index (χ2v) is 5.63. The van der Waals surface area contributed by atoms with E-state index in [-0.39, 0.29) is 5.69 Å². The maximum Gasteiger partial charge on any atom is 0.356 e. The summed E-state index contributed by atoms with van der Waals surface area (Å²) in [7, 11) is 5.46. The molecule has 2 aromatic heterocycles. The Balaban J connectivity index is 2.09. The van der Waals surface area contributed by atoms with Gasteiger partial charge in [-0.25, -0.2) is 14.5 Å². The Bertz CT molecular complexity index is 884. The largest absolute Gasteiger partial charge is 0.481 e. The van der Waals surface area contributed by atoms with Crippen LogP contribution in [0.3, 0.4) is 0 Å². The van der Waals surface area contributed by atoms with Crippen molar-refractivity contribution >= 4 is 11.7 Å². The summed E-state index contributed by atoms with van der Waals surface area (Å²) in [5.74, 6) is -0.599. The van der Waals surface area contributed by atoms with Crippen molar-refractivity contribution in [2.75, 3.05) is 26.1 Å². The average Bonchev–Trinajstić information content (AvgIpc) is 3.07. The molecular formula is C18H18N4O3. The Morgan fingerprint density at radius 2 is 1.88 bits per heavy atom. The number of anilines is 1. The summed E-state index contributed by atoms with van der Waals surface area (Å²) >= 11 is 0. The normalized spacial score (nSPS) is 10.5. The zero-order valence-electron chi connectivity index (χ0n) is 14.2. The molecule has 0 unspecified atom stereocenters. The number of hydrogen-bond donors (Lipinski definition) is 1. The van der Waals surface area contributed by atoms with E-state index in [1.165, 1.54) is 7.11 Å². The van der Waals surface area contributed by atoms with E-state index in [1.54, 1.807) is 29.1 Å². The van der Waals surface area contributed by atoms with Gasteiger partial charge in [-0.3, -0.25) is 0 Å². The summed E-state index contributed by atoms with van der Waals surface area (Å²) < 4.78 is 6.63. The lowest BCUT2D eigenvalue weighted by atomic mass is 10.1. The highest BCUT2D eigenvalue weighted by atomic mass is 16.5. The molecule has 0 saturated heterocycles. The van der Waals surface area contributed by atoms with Crippen molar-refractivity contribution in [1.82, 2.24) is 14.8 Å². The smallest absolute Gasteiger partial charge is 0.356 e. The van der Waals surface area contributed by atoms with Gasteiger partial charge in [0.1, 0.15) is 0 Å². The predicted octanol–water partition coefficient (Wildman–Crippen LogP) is 2.71. The lowest BCUT2D eigenvalue weighted by Crippen LogP contribution is -2.08. The standard InChI is InChI=1S/C18H18N4O3/c1-21(2)13-6-4-12(5-7-13)16-10-15(18(23)24)20-22(16)14-8-9-17(25-3)19-11-14/h4-11H,1-3H3,(H,23,24). The van der Waals surface area contributed by atoms with Gasteiger partial charge in [0.15, 0.2) is 5.69 Å². The molecule has 0 saturated carbocycles. The first-order chi connectivity index (χ1) is 12.0. The van der Waals surface area contributed by atoms with E-state index in [0.717, 1.165) is 11.3 Å². The minimum Gasteiger partial charge on any atom is -0.481 e. The first kappa shape index (κ1) is 16.5. The Kier molecular flexibility index (Phi) is 4.38. The molecule has 0 aliphatic heterocycles. The highest BCUT2D eigenvalue weighted by Crippen LogP contribution is 2.26. The Morgan fingerprint density at radius 3 is 2.40 bits per heavy atom. The van der Waals surface area contributed by atoms with E-state index < -0.39 is 5.97 Å². The molecule has 2 heterocycles. The number of carbonyl (C=O) groups is 1. The van der Waals surface area contributed by atoms with Crippen LogP contribution in [0.1, 0.15) is 10.5 Å². The van der Waals surface area contributed by atoms with Gasteiger partial charge >= 0.3 is 5.97 Å². The molecule has 0 amide bonds. The quantitative estimate of drug-likeness (QED) is 0.770. The van der Waals surface area contributed by atoms with Crippen LogP contribution in [-0.4, -0.2) is 47.0 Å². The third kappa shape index (κ3) is 3.30. The Morgan fingerprint density at radius 1 is 1.16 bits per heavy atom. The minimum atomic E-state index is -1.08. The maximum absolute atomic E-state index is 11.4. The number of nitrogens with zero attached hydrogens (tertiary/aromatic N) is 4. The van der Waals surface area contributed by atoms with Gasteiger partial charge in [-0.05, 0) is 24.3 Å². The van der Waals surface area contributed by atoms with Crippen LogP contribution in [-0.2, 0) is 0 Å². The molecule has 3 rings (SSSR count). The summed E-state index contributed by atoms with van der Waals surface area (Å²) in [6.45, 7) is 0. The van der Waals surface area contributed by atoms with E-state index in [9.17, 15) is 9.90 Å². The van der Waals surface area contributed by atoms with Gasteiger partial charge < -0.3 is 14.7 Å². The minimum absolute atomic E-state index is 0.0255. The lowest BCUT2D eigenvalue weighted by molar-refractivity contribution is 0.0690. The number of rotatable bonds is 5. The number of hydrogen-bond acceptors (Lipinski definition) is 5. The molecule has 1 aromatic carbocycles. The Hall–Kier alpha value is -3.35. The molecule has 0 bridgehead atoms. The van der Waals surface area contributed by atoms with Crippen LogP contribution in [0.4, 0.5) is 5.69 Å². The molecule has 0 aliphatic carbocycles. The van der Waals surface area contributed by atoms with Crippen LogP contribution in [0.5, 0.6) is 5.88 Å². The fourth-order valence-corrected chi connectivity index (χ4v) is 2.44. The van der Waals surface area contributed by atoms with E-state index in [0.29, 0.717) is 17.3 Å². The van der Waals surface area contributed by atoms with Gasteiger partial charge in [0.2, 0.25) is 5.88 Å². The molecule has 7 heteroatoms. The number of carboxylic acids is 1. The second kappa shape index (κ2) is 6.64. The number of ether oxygens (including phenoxy) is 1. The van der Waals surface area contributed by atoms with Crippen LogP contribution >= 0.6 is 0 Å². The van der Waals surface area contributed by atoms with Gasteiger partial charge in [0.05, 0.1) is 24.7 Å². The van der Waals surface area contributed by atoms with Gasteiger partial charge in [0.25, 0.3) is 0 Å². The third-order valence-corrected chi connectivity index (χ3v) is 3.78. The summed E-state index contributed by atoms with van der Waals surface area (Å²) in [4.78, 5) is 17.5. The first-order valence-electron chi connectivity index (χ1n) is 7.61. The van der Waals surface area contributed by atoms with Crippen molar-refractivity contribution in [3.63, 3.8) is 0 Å². The predicted molar refractivity (Wildman–Crippen MR) is 94.6 cm³/mol. The van der Waals surface area contributed by atoms with Gasteiger partial charge in [0, 0.05) is 31.4 Å².